The molecule has 3 heteroatoms. The van der Waals surface area contributed by atoms with E-state index in [0.717, 1.165) is 12.3 Å². The predicted octanol–water partition coefficient (Wildman–Crippen LogP) is 3.31. The van der Waals surface area contributed by atoms with Gasteiger partial charge in [0.25, 0.3) is 0 Å². The fourth-order valence-corrected chi connectivity index (χ4v) is 5.07. The molecule has 2 aliphatic carbocycles. The first kappa shape index (κ1) is 13.9. The summed E-state index contributed by atoms with van der Waals surface area (Å²) in [4.78, 5) is 0. The molecule has 0 amide bonds. The van der Waals surface area contributed by atoms with Crippen molar-refractivity contribution in [2.45, 2.75) is 70.1 Å². The summed E-state index contributed by atoms with van der Waals surface area (Å²) < 4.78 is 8.92. The number of ether oxygens (including phenoxy) is 1. The van der Waals surface area contributed by atoms with E-state index in [1.54, 1.807) is 11.3 Å². The summed E-state index contributed by atoms with van der Waals surface area (Å²) in [6, 6.07) is 7.56. The first-order valence-corrected chi connectivity index (χ1v) is 9.55. The molecule has 2 heterocycles. The second-order valence-electron chi connectivity index (χ2n) is 7.60. The van der Waals surface area contributed by atoms with Gasteiger partial charge >= 0.3 is 0 Å². The van der Waals surface area contributed by atoms with E-state index in [4.69, 9.17) is 4.74 Å². The van der Waals surface area contributed by atoms with Crippen molar-refractivity contribution in [2.24, 2.45) is 0 Å². The average molecular weight is 311 g/mol. The SMILES string of the molecule is c1cc2c(cc1OC1CCCCC1)c1c3n2CC[NH2+][C@@H]3CCC1. The van der Waals surface area contributed by atoms with Gasteiger partial charge in [-0.25, -0.2) is 0 Å². The van der Waals surface area contributed by atoms with Crippen LogP contribution in [0.4, 0.5) is 0 Å². The number of nitrogens with two attached hydrogens (primary N) is 1. The van der Waals surface area contributed by atoms with Gasteiger partial charge in [0.05, 0.1) is 24.9 Å². The monoisotopic (exact) mass is 311 g/mol. The molecule has 5 rings (SSSR count). The number of aromatic nitrogens is 1. The van der Waals surface area contributed by atoms with Gasteiger partial charge in [0.1, 0.15) is 11.8 Å². The van der Waals surface area contributed by atoms with Crippen LogP contribution in [0.2, 0.25) is 0 Å². The molecule has 0 radical (unpaired) electrons. The van der Waals surface area contributed by atoms with Gasteiger partial charge in [-0.3, -0.25) is 0 Å². The highest BCUT2D eigenvalue weighted by atomic mass is 16.5. The van der Waals surface area contributed by atoms with Crippen LogP contribution in [0.25, 0.3) is 10.9 Å². The average Bonchev–Trinajstić information content (AvgIpc) is 2.92. The Bertz CT molecular complexity index is 725. The maximum absolute atomic E-state index is 6.32. The van der Waals surface area contributed by atoms with E-state index in [2.05, 4.69) is 28.1 Å². The summed E-state index contributed by atoms with van der Waals surface area (Å²) in [7, 11) is 0. The Morgan fingerprint density at radius 3 is 2.87 bits per heavy atom. The van der Waals surface area contributed by atoms with E-state index < -0.39 is 0 Å². The third kappa shape index (κ3) is 2.28. The first-order chi connectivity index (χ1) is 11.4. The molecule has 2 aromatic rings. The summed E-state index contributed by atoms with van der Waals surface area (Å²) in [6.45, 7) is 2.38. The number of hydrogen-bond donors (Lipinski definition) is 1. The van der Waals surface area contributed by atoms with Crippen LogP contribution < -0.4 is 10.1 Å². The zero-order valence-corrected chi connectivity index (χ0v) is 13.9. The van der Waals surface area contributed by atoms with Crippen molar-refractivity contribution in [1.82, 2.24) is 4.57 Å². The molecule has 0 unspecified atom stereocenters. The molecule has 23 heavy (non-hydrogen) atoms. The highest BCUT2D eigenvalue weighted by molar-refractivity contribution is 5.87. The lowest BCUT2D eigenvalue weighted by molar-refractivity contribution is -0.704. The number of hydrogen-bond acceptors (Lipinski definition) is 1. The van der Waals surface area contributed by atoms with Crippen LogP contribution in [0.3, 0.4) is 0 Å². The quantitative estimate of drug-likeness (QED) is 0.906. The van der Waals surface area contributed by atoms with E-state index in [1.807, 2.05) is 0 Å². The number of quaternary nitrogens is 1. The molecule has 0 saturated heterocycles. The summed E-state index contributed by atoms with van der Waals surface area (Å²) >= 11 is 0. The fourth-order valence-electron chi connectivity index (χ4n) is 5.07. The molecule has 3 aliphatic rings. The van der Waals surface area contributed by atoms with Gasteiger partial charge in [0.2, 0.25) is 0 Å². The maximum atomic E-state index is 6.32. The van der Waals surface area contributed by atoms with Crippen molar-refractivity contribution in [1.29, 1.82) is 0 Å². The number of rotatable bonds is 2. The molecule has 1 saturated carbocycles. The standard InChI is InChI=1S/C20H26N2O/c1-2-5-14(6-3-1)23-15-9-10-19-17(13-15)16-7-4-8-18-20(16)22(19)12-11-21-18/h9-10,13-14,18,21H,1-8,11-12H2/p+1/t18-/m1/s1. The number of aryl methyl sites for hydroxylation is 1. The topological polar surface area (TPSA) is 30.8 Å². The number of benzene rings is 1. The normalized spacial score (nSPS) is 24.6. The molecule has 1 atom stereocenters. The summed E-state index contributed by atoms with van der Waals surface area (Å²) in [6.07, 6.45) is 10.9. The number of fused-ring (bicyclic) bond motifs is 3. The molecule has 1 aromatic heterocycles. The first-order valence-electron chi connectivity index (χ1n) is 9.55. The van der Waals surface area contributed by atoms with Gasteiger partial charge in [0.15, 0.2) is 0 Å². The second-order valence-corrected chi connectivity index (χ2v) is 7.60. The van der Waals surface area contributed by atoms with Gasteiger partial charge in [-0.05, 0) is 62.3 Å². The Labute approximate surface area is 138 Å². The Balaban J connectivity index is 1.55. The van der Waals surface area contributed by atoms with E-state index >= 15 is 0 Å². The van der Waals surface area contributed by atoms with Crippen molar-refractivity contribution in [3.05, 3.63) is 29.5 Å². The van der Waals surface area contributed by atoms with Crippen LogP contribution in [0, 0.1) is 0 Å². The van der Waals surface area contributed by atoms with Crippen molar-refractivity contribution in [3.63, 3.8) is 0 Å². The molecule has 1 aliphatic heterocycles. The largest absolute Gasteiger partial charge is 0.490 e. The van der Waals surface area contributed by atoms with Crippen LogP contribution in [0.5, 0.6) is 5.75 Å². The van der Waals surface area contributed by atoms with Crippen molar-refractivity contribution < 1.29 is 10.1 Å². The lowest BCUT2D eigenvalue weighted by Gasteiger charge is -2.27. The summed E-state index contributed by atoms with van der Waals surface area (Å²) in [5.41, 5.74) is 4.67. The Morgan fingerprint density at radius 2 is 1.96 bits per heavy atom. The highest BCUT2D eigenvalue weighted by Crippen LogP contribution is 2.38. The molecular formula is C20H27N2O+. The highest BCUT2D eigenvalue weighted by Gasteiger charge is 2.32. The van der Waals surface area contributed by atoms with Gasteiger partial charge in [-0.1, -0.05) is 6.42 Å². The van der Waals surface area contributed by atoms with Crippen molar-refractivity contribution in [2.75, 3.05) is 6.54 Å². The number of nitrogens with zero attached hydrogens (tertiary/aromatic N) is 1. The van der Waals surface area contributed by atoms with Gasteiger partial charge in [-0.2, -0.15) is 0 Å². The Kier molecular flexibility index (Phi) is 3.36. The van der Waals surface area contributed by atoms with Crippen LogP contribution >= 0.6 is 0 Å². The molecule has 0 spiro atoms. The molecule has 1 fully saturated rings. The van der Waals surface area contributed by atoms with Crippen LogP contribution in [0.1, 0.15) is 62.2 Å². The predicted molar refractivity (Wildman–Crippen MR) is 91.9 cm³/mol. The second kappa shape index (κ2) is 5.55. The van der Waals surface area contributed by atoms with Gasteiger partial charge in [0, 0.05) is 17.3 Å². The van der Waals surface area contributed by atoms with E-state index in [1.165, 1.54) is 68.8 Å². The zero-order valence-electron chi connectivity index (χ0n) is 13.9. The van der Waals surface area contributed by atoms with Crippen LogP contribution in [0.15, 0.2) is 18.2 Å². The maximum Gasteiger partial charge on any atom is 0.127 e. The molecule has 0 bridgehead atoms. The van der Waals surface area contributed by atoms with E-state index in [9.17, 15) is 0 Å². The minimum Gasteiger partial charge on any atom is -0.490 e. The fraction of sp³-hybridized carbons (Fsp3) is 0.600. The Hall–Kier alpha value is -1.48. The Morgan fingerprint density at radius 1 is 1.04 bits per heavy atom. The third-order valence-corrected chi connectivity index (χ3v) is 6.14. The minimum atomic E-state index is 0.441. The molecule has 3 nitrogen and oxygen atoms in total. The summed E-state index contributed by atoms with van der Waals surface area (Å²) in [5.74, 6) is 1.09. The lowest BCUT2D eigenvalue weighted by atomic mass is 9.91. The smallest absolute Gasteiger partial charge is 0.127 e. The molecular weight excluding hydrogens is 284 g/mol. The molecule has 122 valence electrons. The van der Waals surface area contributed by atoms with Crippen molar-refractivity contribution in [3.8, 4) is 5.75 Å². The lowest BCUT2D eigenvalue weighted by Crippen LogP contribution is -2.88. The van der Waals surface area contributed by atoms with E-state index in [-0.39, 0.29) is 0 Å². The van der Waals surface area contributed by atoms with Gasteiger partial charge in [-0.15, -0.1) is 0 Å². The third-order valence-electron chi connectivity index (χ3n) is 6.14. The van der Waals surface area contributed by atoms with E-state index in [0.29, 0.717) is 12.1 Å². The van der Waals surface area contributed by atoms with Crippen LogP contribution in [-0.2, 0) is 13.0 Å². The molecule has 2 N–H and O–H groups in total. The molecule has 1 aromatic carbocycles. The minimum absolute atomic E-state index is 0.441. The van der Waals surface area contributed by atoms with Gasteiger partial charge < -0.3 is 14.6 Å². The van der Waals surface area contributed by atoms with Crippen LogP contribution in [-0.4, -0.2) is 17.2 Å². The zero-order chi connectivity index (χ0) is 15.2. The van der Waals surface area contributed by atoms with Crippen molar-refractivity contribution >= 4 is 10.9 Å². The summed E-state index contributed by atoms with van der Waals surface area (Å²) in [5, 5.41) is 4.02.